The summed E-state index contributed by atoms with van der Waals surface area (Å²) in [4.78, 5) is 0. The Morgan fingerprint density at radius 3 is 1.75 bits per heavy atom. The van der Waals surface area contributed by atoms with Crippen molar-refractivity contribution in [2.45, 2.75) is 78.4 Å². The van der Waals surface area contributed by atoms with Crippen LogP contribution in [-0.4, -0.2) is 23.4 Å². The van der Waals surface area contributed by atoms with Gasteiger partial charge in [0.25, 0.3) is 0 Å². The van der Waals surface area contributed by atoms with Crippen LogP contribution < -0.4 is 5.46 Å². The van der Waals surface area contributed by atoms with Crippen LogP contribution in [0.2, 0.25) is 0 Å². The van der Waals surface area contributed by atoms with Crippen molar-refractivity contribution in [1.29, 1.82) is 0 Å². The van der Waals surface area contributed by atoms with Crippen LogP contribution >= 0.6 is 0 Å². The molecule has 0 spiro atoms. The van der Waals surface area contributed by atoms with Crippen LogP contribution in [0.4, 0.5) is 0 Å². The van der Waals surface area contributed by atoms with Crippen molar-refractivity contribution >= 4 is 12.6 Å². The molecule has 1 aliphatic heterocycles. The first-order chi connectivity index (χ1) is 12.9. The van der Waals surface area contributed by atoms with Crippen molar-refractivity contribution < 1.29 is 14.4 Å². The SMILES string of the molecule is CC(C)c1cccc(C(C)C)c1-c1ccc(B2OC(C)(C)C(C)(C)O2)c(O)c1. The number of benzene rings is 2. The smallest absolute Gasteiger partial charge is 0.498 e. The molecule has 0 radical (unpaired) electrons. The lowest BCUT2D eigenvalue weighted by atomic mass is 9.76. The minimum Gasteiger partial charge on any atom is -0.508 e. The molecule has 0 atom stereocenters. The van der Waals surface area contributed by atoms with E-state index in [1.807, 2.05) is 39.8 Å². The summed E-state index contributed by atoms with van der Waals surface area (Å²) in [5, 5.41) is 10.9. The molecule has 0 aliphatic carbocycles. The van der Waals surface area contributed by atoms with E-state index in [0.29, 0.717) is 17.3 Å². The van der Waals surface area contributed by atoms with Gasteiger partial charge in [0.15, 0.2) is 0 Å². The normalized spacial score (nSPS) is 18.3. The molecule has 0 amide bonds. The Morgan fingerprint density at radius 2 is 1.32 bits per heavy atom. The Kier molecular flexibility index (Phi) is 5.41. The molecule has 1 saturated heterocycles. The highest BCUT2D eigenvalue weighted by atomic mass is 16.7. The third kappa shape index (κ3) is 3.60. The van der Waals surface area contributed by atoms with Gasteiger partial charge in [-0.05, 0) is 67.9 Å². The van der Waals surface area contributed by atoms with E-state index in [1.165, 1.54) is 16.7 Å². The zero-order valence-corrected chi connectivity index (χ0v) is 18.5. The fourth-order valence-electron chi connectivity index (χ4n) is 3.75. The van der Waals surface area contributed by atoms with Gasteiger partial charge in [-0.1, -0.05) is 58.0 Å². The highest BCUT2D eigenvalue weighted by molar-refractivity contribution is 6.63. The van der Waals surface area contributed by atoms with E-state index in [1.54, 1.807) is 0 Å². The summed E-state index contributed by atoms with van der Waals surface area (Å²) in [6.45, 7) is 16.9. The molecule has 0 aromatic heterocycles. The summed E-state index contributed by atoms with van der Waals surface area (Å²) < 4.78 is 12.2. The van der Waals surface area contributed by atoms with Crippen molar-refractivity contribution in [3.05, 3.63) is 47.5 Å². The molecule has 28 heavy (non-hydrogen) atoms. The maximum atomic E-state index is 10.9. The van der Waals surface area contributed by atoms with Gasteiger partial charge in [-0.3, -0.25) is 0 Å². The second-order valence-corrected chi connectivity index (χ2v) is 9.48. The molecule has 3 nitrogen and oxygen atoms in total. The summed E-state index contributed by atoms with van der Waals surface area (Å²) in [5.41, 5.74) is 4.67. The zero-order valence-electron chi connectivity index (χ0n) is 18.5. The maximum Gasteiger partial charge on any atom is 0.498 e. The first kappa shape index (κ1) is 20.9. The van der Waals surface area contributed by atoms with Crippen molar-refractivity contribution in [3.8, 4) is 16.9 Å². The monoisotopic (exact) mass is 380 g/mol. The van der Waals surface area contributed by atoms with Gasteiger partial charge < -0.3 is 14.4 Å². The number of hydrogen-bond acceptors (Lipinski definition) is 3. The molecule has 0 saturated carbocycles. The molecule has 0 unspecified atom stereocenters. The highest BCUT2D eigenvalue weighted by Gasteiger charge is 2.52. The third-order valence-corrected chi connectivity index (χ3v) is 6.20. The molecule has 3 rings (SSSR count). The molecule has 2 aromatic carbocycles. The largest absolute Gasteiger partial charge is 0.508 e. The Bertz CT molecular complexity index is 826. The quantitative estimate of drug-likeness (QED) is 0.701. The number of phenolic OH excluding ortho intramolecular Hbond substituents is 1. The molecule has 1 fully saturated rings. The molecule has 1 N–H and O–H groups in total. The molecule has 150 valence electrons. The summed E-state index contributed by atoms with van der Waals surface area (Å²) in [7, 11) is -0.566. The molecular weight excluding hydrogens is 347 g/mol. The minimum absolute atomic E-state index is 0.212. The second-order valence-electron chi connectivity index (χ2n) is 9.48. The average Bonchev–Trinajstić information content (AvgIpc) is 2.81. The van der Waals surface area contributed by atoms with Crippen molar-refractivity contribution in [1.82, 2.24) is 0 Å². The lowest BCUT2D eigenvalue weighted by molar-refractivity contribution is 0.00578. The van der Waals surface area contributed by atoms with Crippen LogP contribution in [0.3, 0.4) is 0 Å². The van der Waals surface area contributed by atoms with Crippen LogP contribution in [0.1, 0.15) is 78.4 Å². The summed E-state index contributed by atoms with van der Waals surface area (Å²) >= 11 is 0. The van der Waals surface area contributed by atoms with Gasteiger partial charge in [-0.2, -0.15) is 0 Å². The molecular formula is C24H33BO3. The Morgan fingerprint density at radius 1 is 0.821 bits per heavy atom. The maximum absolute atomic E-state index is 10.9. The van der Waals surface area contributed by atoms with E-state index in [2.05, 4.69) is 52.0 Å². The standard InChI is InChI=1S/C24H33BO3/c1-15(2)18-10-9-11-19(16(3)4)22(18)17-12-13-20(21(26)14-17)25-27-23(5,6)24(7,8)28-25/h9-16,26H,1-8H3. The Labute approximate surface area is 170 Å². The third-order valence-electron chi connectivity index (χ3n) is 6.20. The van der Waals surface area contributed by atoms with Crippen molar-refractivity contribution in [2.75, 3.05) is 0 Å². The first-order valence-corrected chi connectivity index (χ1v) is 10.3. The van der Waals surface area contributed by atoms with E-state index < -0.39 is 18.3 Å². The molecule has 0 bridgehead atoms. The van der Waals surface area contributed by atoms with Crippen LogP contribution in [0.25, 0.3) is 11.1 Å². The second kappa shape index (κ2) is 7.24. The predicted octanol–water partition coefficient (Wildman–Crippen LogP) is 5.61. The fourth-order valence-corrected chi connectivity index (χ4v) is 3.75. The number of phenols is 1. The number of hydrogen-bond donors (Lipinski definition) is 1. The average molecular weight is 380 g/mol. The summed E-state index contributed by atoms with van der Waals surface area (Å²) in [5.74, 6) is 1.02. The van der Waals surface area contributed by atoms with E-state index in [-0.39, 0.29) is 5.75 Å². The van der Waals surface area contributed by atoms with E-state index in [0.717, 1.165) is 5.56 Å². The van der Waals surface area contributed by atoms with Gasteiger partial charge in [0.05, 0.1) is 11.2 Å². The van der Waals surface area contributed by atoms with Crippen LogP contribution in [-0.2, 0) is 9.31 Å². The van der Waals surface area contributed by atoms with E-state index in [4.69, 9.17) is 9.31 Å². The number of aromatic hydroxyl groups is 1. The van der Waals surface area contributed by atoms with Gasteiger partial charge in [-0.25, -0.2) is 0 Å². The Balaban J connectivity index is 2.05. The van der Waals surface area contributed by atoms with Crippen LogP contribution in [0.15, 0.2) is 36.4 Å². The van der Waals surface area contributed by atoms with E-state index in [9.17, 15) is 5.11 Å². The molecule has 2 aromatic rings. The van der Waals surface area contributed by atoms with Gasteiger partial charge in [0, 0.05) is 5.46 Å². The topological polar surface area (TPSA) is 38.7 Å². The van der Waals surface area contributed by atoms with Crippen molar-refractivity contribution in [3.63, 3.8) is 0 Å². The summed E-state index contributed by atoms with van der Waals surface area (Å²) in [6, 6.07) is 12.4. The number of rotatable bonds is 4. The minimum atomic E-state index is -0.566. The molecule has 1 heterocycles. The van der Waals surface area contributed by atoms with Crippen LogP contribution in [0.5, 0.6) is 5.75 Å². The zero-order chi connectivity index (χ0) is 20.9. The lowest BCUT2D eigenvalue weighted by Crippen LogP contribution is -2.41. The van der Waals surface area contributed by atoms with Gasteiger partial charge in [0.1, 0.15) is 5.75 Å². The first-order valence-electron chi connectivity index (χ1n) is 10.3. The fraction of sp³-hybridized carbons (Fsp3) is 0.500. The van der Waals surface area contributed by atoms with Gasteiger partial charge >= 0.3 is 7.12 Å². The summed E-state index contributed by atoms with van der Waals surface area (Å²) in [6.07, 6.45) is 0. The van der Waals surface area contributed by atoms with Gasteiger partial charge in [0.2, 0.25) is 0 Å². The van der Waals surface area contributed by atoms with E-state index >= 15 is 0 Å². The lowest BCUT2D eigenvalue weighted by Gasteiger charge is -2.32. The van der Waals surface area contributed by atoms with Crippen molar-refractivity contribution in [2.24, 2.45) is 0 Å². The van der Waals surface area contributed by atoms with Crippen LogP contribution in [0, 0.1) is 0 Å². The highest BCUT2D eigenvalue weighted by Crippen LogP contribution is 2.39. The predicted molar refractivity (Wildman–Crippen MR) is 117 cm³/mol. The molecule has 1 aliphatic rings. The Hall–Kier alpha value is -1.78. The van der Waals surface area contributed by atoms with Gasteiger partial charge in [-0.15, -0.1) is 0 Å². The molecule has 4 heteroatoms.